The Morgan fingerprint density at radius 2 is 2.07 bits per heavy atom. The van der Waals surface area contributed by atoms with E-state index in [9.17, 15) is 4.39 Å². The fraction of sp³-hybridized carbons (Fsp3) is 0.800. The van der Waals surface area contributed by atoms with E-state index in [0.29, 0.717) is 24.6 Å². The Hall–Kier alpha value is -0.930. The molecule has 0 amide bonds. The minimum atomic E-state index is -0.994. The van der Waals surface area contributed by atoms with Crippen LogP contribution in [0.25, 0.3) is 0 Å². The van der Waals surface area contributed by atoms with E-state index in [2.05, 4.69) is 10.1 Å². The van der Waals surface area contributed by atoms with Crippen LogP contribution < -0.4 is 0 Å². The molecule has 3 nitrogen and oxygen atoms in total. The monoisotopic (exact) mass is 198 g/mol. The van der Waals surface area contributed by atoms with Crippen molar-refractivity contribution in [3.8, 4) is 0 Å². The first-order chi connectivity index (χ1) is 6.57. The summed E-state index contributed by atoms with van der Waals surface area (Å²) in [6.45, 7) is 3.47. The Morgan fingerprint density at radius 1 is 1.43 bits per heavy atom. The van der Waals surface area contributed by atoms with Crippen LogP contribution in [-0.2, 0) is 0 Å². The van der Waals surface area contributed by atoms with E-state index < -0.39 is 5.67 Å². The number of rotatable bonds is 1. The van der Waals surface area contributed by atoms with E-state index in [-0.39, 0.29) is 5.92 Å². The SMILES string of the molecule is Cc1noc(C2CCC(C)(F)CC2)n1. The Bertz CT molecular complexity index is 312. The Morgan fingerprint density at radius 3 is 2.57 bits per heavy atom. The normalized spacial score (nSPS) is 33.2. The number of aromatic nitrogens is 2. The van der Waals surface area contributed by atoms with Crippen LogP contribution in [0.1, 0.15) is 50.2 Å². The van der Waals surface area contributed by atoms with Crippen LogP contribution >= 0.6 is 0 Å². The van der Waals surface area contributed by atoms with Crippen molar-refractivity contribution in [1.29, 1.82) is 0 Å². The van der Waals surface area contributed by atoms with Crippen LogP contribution in [0.15, 0.2) is 4.52 Å². The summed E-state index contributed by atoms with van der Waals surface area (Å²) in [7, 11) is 0. The van der Waals surface area contributed by atoms with Gasteiger partial charge in [-0.3, -0.25) is 0 Å². The van der Waals surface area contributed by atoms with E-state index in [0.717, 1.165) is 12.8 Å². The highest BCUT2D eigenvalue weighted by Gasteiger charge is 2.33. The molecular weight excluding hydrogens is 183 g/mol. The van der Waals surface area contributed by atoms with Gasteiger partial charge < -0.3 is 4.52 Å². The molecule has 0 aliphatic heterocycles. The maximum Gasteiger partial charge on any atom is 0.229 e. The van der Waals surface area contributed by atoms with Gasteiger partial charge in [-0.05, 0) is 39.5 Å². The summed E-state index contributed by atoms with van der Waals surface area (Å²) in [4.78, 5) is 4.18. The van der Waals surface area contributed by atoms with Crippen LogP contribution in [-0.4, -0.2) is 15.8 Å². The summed E-state index contributed by atoms with van der Waals surface area (Å²) in [6.07, 6.45) is 2.82. The number of halogens is 1. The highest BCUT2D eigenvalue weighted by Crippen LogP contribution is 2.38. The third-order valence-corrected chi connectivity index (χ3v) is 2.92. The highest BCUT2D eigenvalue weighted by atomic mass is 19.1. The van der Waals surface area contributed by atoms with Crippen molar-refractivity contribution in [2.45, 2.75) is 51.1 Å². The van der Waals surface area contributed by atoms with Crippen molar-refractivity contribution in [3.63, 3.8) is 0 Å². The van der Waals surface area contributed by atoms with Gasteiger partial charge in [0.15, 0.2) is 5.82 Å². The van der Waals surface area contributed by atoms with Gasteiger partial charge in [-0.25, -0.2) is 4.39 Å². The molecule has 1 fully saturated rings. The predicted octanol–water partition coefficient (Wildman–Crippen LogP) is 2.76. The first kappa shape index (κ1) is 9.62. The number of alkyl halides is 1. The van der Waals surface area contributed by atoms with Gasteiger partial charge in [0.25, 0.3) is 0 Å². The third kappa shape index (κ3) is 1.94. The number of hydrogen-bond acceptors (Lipinski definition) is 3. The molecule has 1 aromatic heterocycles. The third-order valence-electron chi connectivity index (χ3n) is 2.92. The average Bonchev–Trinajstić information content (AvgIpc) is 2.52. The molecule has 2 rings (SSSR count). The lowest BCUT2D eigenvalue weighted by Gasteiger charge is -2.29. The quantitative estimate of drug-likeness (QED) is 0.696. The molecule has 0 spiro atoms. The van der Waals surface area contributed by atoms with Gasteiger partial charge in [-0.2, -0.15) is 4.98 Å². The molecule has 1 aliphatic rings. The van der Waals surface area contributed by atoms with Crippen molar-refractivity contribution >= 4 is 0 Å². The summed E-state index contributed by atoms with van der Waals surface area (Å²) in [5.41, 5.74) is -0.994. The molecule has 1 saturated carbocycles. The van der Waals surface area contributed by atoms with Crippen LogP contribution in [0, 0.1) is 6.92 Å². The first-order valence-corrected chi connectivity index (χ1v) is 5.06. The molecule has 1 aliphatic carbocycles. The maximum absolute atomic E-state index is 13.5. The van der Waals surface area contributed by atoms with Gasteiger partial charge in [-0.15, -0.1) is 0 Å². The van der Waals surface area contributed by atoms with Crippen molar-refractivity contribution in [2.24, 2.45) is 0 Å². The Balaban J connectivity index is 2.02. The minimum Gasteiger partial charge on any atom is -0.339 e. The maximum atomic E-state index is 13.5. The fourth-order valence-electron chi connectivity index (χ4n) is 1.95. The van der Waals surface area contributed by atoms with Crippen molar-refractivity contribution in [3.05, 3.63) is 11.7 Å². The van der Waals surface area contributed by atoms with Gasteiger partial charge in [0.05, 0.1) is 0 Å². The van der Waals surface area contributed by atoms with E-state index in [1.807, 2.05) is 0 Å². The Kier molecular flexibility index (Phi) is 2.29. The van der Waals surface area contributed by atoms with Gasteiger partial charge in [-0.1, -0.05) is 5.16 Å². The molecule has 4 heteroatoms. The van der Waals surface area contributed by atoms with Gasteiger partial charge in [0.1, 0.15) is 5.67 Å². The molecule has 0 aromatic carbocycles. The number of aryl methyl sites for hydroxylation is 1. The summed E-state index contributed by atoms with van der Waals surface area (Å²) >= 11 is 0. The minimum absolute atomic E-state index is 0.264. The zero-order valence-electron chi connectivity index (χ0n) is 8.59. The van der Waals surface area contributed by atoms with E-state index in [4.69, 9.17) is 4.52 Å². The molecule has 0 N–H and O–H groups in total. The average molecular weight is 198 g/mol. The zero-order valence-corrected chi connectivity index (χ0v) is 8.59. The van der Waals surface area contributed by atoms with Crippen LogP contribution in [0.2, 0.25) is 0 Å². The zero-order chi connectivity index (χ0) is 10.2. The largest absolute Gasteiger partial charge is 0.339 e. The van der Waals surface area contributed by atoms with Gasteiger partial charge in [0, 0.05) is 5.92 Å². The second-order valence-corrected chi connectivity index (χ2v) is 4.37. The lowest BCUT2D eigenvalue weighted by atomic mass is 9.81. The molecule has 0 bridgehead atoms. The van der Waals surface area contributed by atoms with E-state index in [1.54, 1.807) is 13.8 Å². The number of hydrogen-bond donors (Lipinski definition) is 0. The molecule has 14 heavy (non-hydrogen) atoms. The first-order valence-electron chi connectivity index (χ1n) is 5.06. The molecule has 0 saturated heterocycles. The fourth-order valence-corrected chi connectivity index (χ4v) is 1.95. The summed E-state index contributed by atoms with van der Waals surface area (Å²) < 4.78 is 18.6. The van der Waals surface area contributed by atoms with E-state index in [1.165, 1.54) is 0 Å². The second-order valence-electron chi connectivity index (χ2n) is 4.37. The lowest BCUT2D eigenvalue weighted by molar-refractivity contribution is 0.113. The standard InChI is InChI=1S/C10H15FN2O/c1-7-12-9(14-13-7)8-3-5-10(2,11)6-4-8/h8H,3-6H2,1-2H3. The van der Waals surface area contributed by atoms with Gasteiger partial charge in [0.2, 0.25) is 5.89 Å². The topological polar surface area (TPSA) is 38.9 Å². The Labute approximate surface area is 82.7 Å². The van der Waals surface area contributed by atoms with Gasteiger partial charge >= 0.3 is 0 Å². The predicted molar refractivity (Wildman–Crippen MR) is 49.8 cm³/mol. The van der Waals surface area contributed by atoms with Crippen LogP contribution in [0.3, 0.4) is 0 Å². The highest BCUT2D eigenvalue weighted by molar-refractivity contribution is 4.97. The number of nitrogens with zero attached hydrogens (tertiary/aromatic N) is 2. The summed E-state index contributed by atoms with van der Waals surface area (Å²) in [5.74, 6) is 1.60. The van der Waals surface area contributed by atoms with Crippen LogP contribution in [0.5, 0.6) is 0 Å². The molecular formula is C10H15FN2O. The summed E-state index contributed by atoms with van der Waals surface area (Å²) in [5, 5.41) is 3.75. The van der Waals surface area contributed by atoms with Crippen molar-refractivity contribution in [2.75, 3.05) is 0 Å². The second kappa shape index (κ2) is 3.33. The van der Waals surface area contributed by atoms with E-state index >= 15 is 0 Å². The van der Waals surface area contributed by atoms with Crippen molar-refractivity contribution in [1.82, 2.24) is 10.1 Å². The molecule has 78 valence electrons. The lowest BCUT2D eigenvalue weighted by Crippen LogP contribution is -2.25. The van der Waals surface area contributed by atoms with Crippen molar-refractivity contribution < 1.29 is 8.91 Å². The molecule has 0 radical (unpaired) electrons. The molecule has 0 atom stereocenters. The smallest absolute Gasteiger partial charge is 0.229 e. The molecule has 0 unspecified atom stereocenters. The van der Waals surface area contributed by atoms with Crippen LogP contribution in [0.4, 0.5) is 4.39 Å². The molecule has 1 aromatic rings. The summed E-state index contributed by atoms with van der Waals surface area (Å²) in [6, 6.07) is 0. The molecule has 1 heterocycles.